The minimum atomic E-state index is -0.447. The molecule has 33 heavy (non-hydrogen) atoms. The van der Waals surface area contributed by atoms with Crippen molar-refractivity contribution in [1.29, 1.82) is 5.26 Å². The first-order valence-electron chi connectivity index (χ1n) is 11.6. The molecule has 0 aromatic carbocycles. The maximum Gasteiger partial charge on any atom is 0.248 e. The third-order valence-electron chi connectivity index (χ3n) is 7.49. The van der Waals surface area contributed by atoms with E-state index in [1.165, 1.54) is 0 Å². The number of fused-ring (bicyclic) bond motifs is 2. The van der Waals surface area contributed by atoms with Gasteiger partial charge in [0.05, 0.1) is 30.5 Å². The quantitative estimate of drug-likeness (QED) is 0.672. The zero-order valence-electron chi connectivity index (χ0n) is 19.1. The van der Waals surface area contributed by atoms with Gasteiger partial charge in [-0.25, -0.2) is 4.98 Å². The fourth-order valence-electron chi connectivity index (χ4n) is 5.48. The van der Waals surface area contributed by atoms with E-state index in [-0.39, 0.29) is 24.6 Å². The van der Waals surface area contributed by atoms with Crippen LogP contribution >= 0.6 is 0 Å². The molecule has 2 unspecified atom stereocenters. The van der Waals surface area contributed by atoms with Gasteiger partial charge in [-0.2, -0.15) is 5.26 Å². The third-order valence-corrected chi connectivity index (χ3v) is 7.49. The minimum absolute atomic E-state index is 0.0358. The lowest BCUT2D eigenvalue weighted by Gasteiger charge is -2.44. The number of likely N-dealkylation sites (tertiary alicyclic amines) is 1. The highest BCUT2D eigenvalue weighted by atomic mass is 16.5. The van der Waals surface area contributed by atoms with Crippen LogP contribution < -0.4 is 9.64 Å². The van der Waals surface area contributed by atoms with E-state index in [4.69, 9.17) is 14.7 Å². The maximum atomic E-state index is 13.2. The number of carbonyl (C=O) groups excluding carboxylic acids is 1. The zero-order valence-corrected chi connectivity index (χ0v) is 19.1. The van der Waals surface area contributed by atoms with E-state index in [1.807, 2.05) is 29.3 Å². The van der Waals surface area contributed by atoms with Crippen LogP contribution in [0.15, 0.2) is 36.8 Å². The summed E-state index contributed by atoms with van der Waals surface area (Å²) in [4.78, 5) is 26.3. The molecular weight excluding hydrogens is 418 g/mol. The molecule has 4 heterocycles. The molecule has 172 valence electrons. The van der Waals surface area contributed by atoms with Gasteiger partial charge in [0.15, 0.2) is 0 Å². The van der Waals surface area contributed by atoms with E-state index in [2.05, 4.69) is 27.9 Å². The molecule has 3 aliphatic rings. The van der Waals surface area contributed by atoms with Gasteiger partial charge in [-0.15, -0.1) is 0 Å². The third kappa shape index (κ3) is 3.91. The van der Waals surface area contributed by atoms with Gasteiger partial charge in [0.2, 0.25) is 5.91 Å². The van der Waals surface area contributed by atoms with Crippen LogP contribution in [0.5, 0.6) is 5.75 Å². The lowest BCUT2D eigenvalue weighted by Crippen LogP contribution is -2.57. The molecule has 2 saturated heterocycles. The topological polar surface area (TPSA) is 91.6 Å². The molecule has 3 fully saturated rings. The summed E-state index contributed by atoms with van der Waals surface area (Å²) in [5, 5.41) is 9.05. The summed E-state index contributed by atoms with van der Waals surface area (Å²) in [5.74, 6) is 2.09. The second-order valence-corrected chi connectivity index (χ2v) is 9.41. The van der Waals surface area contributed by atoms with E-state index in [9.17, 15) is 4.79 Å². The molecule has 2 aliphatic heterocycles. The monoisotopic (exact) mass is 447 g/mol. The largest absolute Gasteiger partial charge is 0.495 e. The molecule has 2 aromatic heterocycles. The molecule has 8 heteroatoms. The van der Waals surface area contributed by atoms with E-state index in [0.717, 1.165) is 37.1 Å². The van der Waals surface area contributed by atoms with Crippen molar-refractivity contribution in [3.63, 3.8) is 0 Å². The van der Waals surface area contributed by atoms with Gasteiger partial charge in [0.1, 0.15) is 24.2 Å². The predicted molar refractivity (Wildman–Crippen MR) is 122 cm³/mol. The number of piperazine rings is 1. The highest BCUT2D eigenvalue weighted by Gasteiger charge is 2.47. The first-order chi connectivity index (χ1) is 16.0. The number of amides is 1. The average Bonchev–Trinajstić information content (AvgIpc) is 3.02. The number of hydrogen-bond donors (Lipinski definition) is 0. The van der Waals surface area contributed by atoms with Crippen LogP contribution in [-0.4, -0.2) is 59.7 Å². The van der Waals surface area contributed by atoms with E-state index < -0.39 is 5.60 Å². The number of aromatic nitrogens is 2. The molecule has 1 aliphatic carbocycles. The maximum absolute atomic E-state index is 13.2. The molecule has 2 aromatic rings. The summed E-state index contributed by atoms with van der Waals surface area (Å²) in [7, 11) is 1.63. The Bertz CT molecular complexity index is 1060. The van der Waals surface area contributed by atoms with Crippen LogP contribution in [0.3, 0.4) is 0 Å². The Kier molecular flexibility index (Phi) is 5.67. The predicted octanol–water partition coefficient (Wildman–Crippen LogP) is 2.88. The summed E-state index contributed by atoms with van der Waals surface area (Å²) in [6.45, 7) is 3.64. The van der Waals surface area contributed by atoms with Crippen LogP contribution in [0.1, 0.15) is 43.7 Å². The number of hydrogen-bond acceptors (Lipinski definition) is 7. The first kappa shape index (κ1) is 21.7. The number of carbonyl (C=O) groups is 1. The van der Waals surface area contributed by atoms with Crippen molar-refractivity contribution in [2.24, 2.45) is 5.92 Å². The van der Waals surface area contributed by atoms with Crippen molar-refractivity contribution in [2.45, 2.75) is 50.3 Å². The van der Waals surface area contributed by atoms with Gasteiger partial charge in [0, 0.05) is 37.1 Å². The number of methoxy groups -OCH3 is 1. The molecule has 0 spiro atoms. The van der Waals surface area contributed by atoms with Gasteiger partial charge in [-0.1, -0.05) is 6.92 Å². The Morgan fingerprint density at radius 3 is 2.76 bits per heavy atom. The van der Waals surface area contributed by atoms with Crippen molar-refractivity contribution in [1.82, 2.24) is 14.9 Å². The number of ether oxygens (including phenoxy) is 2. The van der Waals surface area contributed by atoms with E-state index in [1.54, 1.807) is 19.5 Å². The van der Waals surface area contributed by atoms with Crippen LogP contribution in [0.2, 0.25) is 0 Å². The Balaban J connectivity index is 1.25. The van der Waals surface area contributed by atoms with Crippen LogP contribution in [-0.2, 0) is 15.1 Å². The smallest absolute Gasteiger partial charge is 0.248 e. The van der Waals surface area contributed by atoms with Crippen molar-refractivity contribution in [2.75, 3.05) is 31.7 Å². The fraction of sp³-hybridized carbons (Fsp3) is 0.520. The van der Waals surface area contributed by atoms with Crippen molar-refractivity contribution in [3.05, 3.63) is 47.9 Å². The van der Waals surface area contributed by atoms with Crippen LogP contribution in [0.25, 0.3) is 0 Å². The highest BCUT2D eigenvalue weighted by Crippen LogP contribution is 2.45. The molecule has 1 saturated carbocycles. The van der Waals surface area contributed by atoms with Crippen molar-refractivity contribution < 1.29 is 14.3 Å². The number of nitriles is 1. The first-order valence-corrected chi connectivity index (χ1v) is 11.6. The molecule has 2 bridgehead atoms. The average molecular weight is 448 g/mol. The molecule has 1 amide bonds. The van der Waals surface area contributed by atoms with Crippen molar-refractivity contribution in [3.8, 4) is 11.8 Å². The van der Waals surface area contributed by atoms with E-state index >= 15 is 0 Å². The Labute approximate surface area is 194 Å². The molecule has 5 rings (SSSR count). The van der Waals surface area contributed by atoms with Gasteiger partial charge >= 0.3 is 0 Å². The molecule has 0 N–H and O–H groups in total. The summed E-state index contributed by atoms with van der Waals surface area (Å²) in [5.41, 5.74) is 1.09. The van der Waals surface area contributed by atoms with Crippen LogP contribution in [0, 0.1) is 17.2 Å². The van der Waals surface area contributed by atoms with Gasteiger partial charge in [0.25, 0.3) is 0 Å². The number of rotatable bonds is 6. The van der Waals surface area contributed by atoms with Crippen molar-refractivity contribution >= 4 is 11.7 Å². The standard InChI is InChI=1S/C25H29N5O3/c1-17-8-20-14-29(15-22(17)30(20)23-5-4-18(10-26)11-28-23)24(31)16-33-25(6-3-7-25)19-9-21(32-2)13-27-12-19/h4-5,9,11-13,17,20,22H,3,6-8,14-16H2,1-2H3/t17-,20?,22?/m0/s1. The molecule has 0 radical (unpaired) electrons. The summed E-state index contributed by atoms with van der Waals surface area (Å²) in [6, 6.07) is 8.25. The van der Waals surface area contributed by atoms with Crippen LogP contribution in [0.4, 0.5) is 5.82 Å². The molecular formula is C25H29N5O3. The number of pyridine rings is 2. The Hall–Kier alpha value is -3.18. The fourth-order valence-corrected chi connectivity index (χ4v) is 5.48. The zero-order chi connectivity index (χ0) is 23.0. The Morgan fingerprint density at radius 2 is 2.12 bits per heavy atom. The van der Waals surface area contributed by atoms with Gasteiger partial charge in [-0.3, -0.25) is 9.78 Å². The normalized spacial score (nSPS) is 25.3. The lowest BCUT2D eigenvalue weighted by molar-refractivity contribution is -0.154. The van der Waals surface area contributed by atoms with E-state index in [0.29, 0.717) is 30.3 Å². The Morgan fingerprint density at radius 1 is 1.27 bits per heavy atom. The summed E-state index contributed by atoms with van der Waals surface area (Å²) < 4.78 is 11.6. The lowest BCUT2D eigenvalue weighted by atomic mass is 9.75. The second-order valence-electron chi connectivity index (χ2n) is 9.41. The molecule has 3 atom stereocenters. The minimum Gasteiger partial charge on any atom is -0.495 e. The SMILES string of the molecule is COc1cncc(C2(OCC(=O)N3CC4C[C@H](C)C(C3)N4c3ccc(C#N)cn3)CCC2)c1. The molecule has 8 nitrogen and oxygen atoms in total. The summed E-state index contributed by atoms with van der Waals surface area (Å²) >= 11 is 0. The number of anilines is 1. The van der Waals surface area contributed by atoms with Gasteiger partial charge in [-0.05, 0) is 49.8 Å². The number of nitrogens with zero attached hydrogens (tertiary/aromatic N) is 5. The second kappa shape index (κ2) is 8.64. The van der Waals surface area contributed by atoms with Gasteiger partial charge < -0.3 is 19.3 Å². The summed E-state index contributed by atoms with van der Waals surface area (Å²) in [6.07, 6.45) is 8.98. The highest BCUT2D eigenvalue weighted by molar-refractivity contribution is 5.78.